The van der Waals surface area contributed by atoms with Crippen molar-refractivity contribution in [2.24, 2.45) is 5.92 Å². The van der Waals surface area contributed by atoms with Crippen LogP contribution in [0.15, 0.2) is 48.5 Å². The molecule has 2 aromatic rings. The molecule has 1 fully saturated rings. The highest BCUT2D eigenvalue weighted by Crippen LogP contribution is 2.20. The molecule has 1 N–H and O–H groups in total. The molecule has 0 aliphatic carbocycles. The summed E-state index contributed by atoms with van der Waals surface area (Å²) < 4.78 is 18.2. The molecular weight excluding hydrogens is 347 g/mol. The number of hydrogen-bond acceptors (Lipinski definition) is 3. The fraction of sp³-hybridized carbons (Fsp3) is 0.333. The van der Waals surface area contributed by atoms with Gasteiger partial charge in [0.1, 0.15) is 11.6 Å². The molecule has 5 nitrogen and oxygen atoms in total. The summed E-state index contributed by atoms with van der Waals surface area (Å²) in [6.45, 7) is 1.40. The summed E-state index contributed by atoms with van der Waals surface area (Å²) in [6.07, 6.45) is 1.52. The highest BCUT2D eigenvalue weighted by molar-refractivity contribution is 5.94. The largest absolute Gasteiger partial charge is 0.497 e. The molecule has 3 rings (SSSR count). The minimum atomic E-state index is -0.375. The first-order valence-electron chi connectivity index (χ1n) is 9.02. The monoisotopic (exact) mass is 370 g/mol. The second-order valence-electron chi connectivity index (χ2n) is 6.67. The fourth-order valence-electron chi connectivity index (χ4n) is 3.27. The molecule has 1 atom stereocenters. The summed E-state index contributed by atoms with van der Waals surface area (Å²) in [7, 11) is 1.60. The Labute approximate surface area is 158 Å². The van der Waals surface area contributed by atoms with Gasteiger partial charge in [0.05, 0.1) is 13.0 Å². The van der Waals surface area contributed by atoms with Crippen LogP contribution >= 0.6 is 0 Å². The molecule has 0 saturated carbocycles. The van der Waals surface area contributed by atoms with E-state index < -0.39 is 0 Å². The Balaban J connectivity index is 1.57. The molecule has 0 spiro atoms. The van der Waals surface area contributed by atoms with E-state index in [2.05, 4.69) is 5.32 Å². The van der Waals surface area contributed by atoms with Crippen molar-refractivity contribution >= 4 is 11.8 Å². The van der Waals surface area contributed by atoms with Crippen LogP contribution in [0.25, 0.3) is 0 Å². The maximum Gasteiger partial charge on any atom is 0.253 e. The van der Waals surface area contributed by atoms with Gasteiger partial charge in [-0.05, 0) is 54.8 Å². The lowest BCUT2D eigenvalue weighted by molar-refractivity contribution is -0.126. The van der Waals surface area contributed by atoms with Crippen molar-refractivity contribution in [2.75, 3.05) is 20.2 Å². The SMILES string of the molecule is COc1cccc(CNC(=O)C2CCCN(C(=O)c3ccc(F)cc3)C2)c1. The second-order valence-corrected chi connectivity index (χ2v) is 6.67. The summed E-state index contributed by atoms with van der Waals surface area (Å²) in [4.78, 5) is 26.8. The number of carbonyl (C=O) groups excluding carboxylic acids is 2. The van der Waals surface area contributed by atoms with Gasteiger partial charge in [-0.2, -0.15) is 0 Å². The summed E-state index contributed by atoms with van der Waals surface area (Å²) in [5.74, 6) is -0.0982. The van der Waals surface area contributed by atoms with Crippen LogP contribution in [0.2, 0.25) is 0 Å². The van der Waals surface area contributed by atoms with E-state index in [-0.39, 0.29) is 23.5 Å². The number of piperidine rings is 1. The van der Waals surface area contributed by atoms with Crippen LogP contribution < -0.4 is 10.1 Å². The average molecular weight is 370 g/mol. The van der Waals surface area contributed by atoms with E-state index in [4.69, 9.17) is 4.74 Å². The summed E-state index contributed by atoms with van der Waals surface area (Å²) in [5, 5.41) is 2.94. The van der Waals surface area contributed by atoms with E-state index in [0.717, 1.165) is 24.2 Å². The first-order valence-corrected chi connectivity index (χ1v) is 9.02. The zero-order chi connectivity index (χ0) is 19.2. The Morgan fingerprint density at radius 3 is 2.74 bits per heavy atom. The van der Waals surface area contributed by atoms with Crippen LogP contribution in [-0.2, 0) is 11.3 Å². The Morgan fingerprint density at radius 2 is 2.00 bits per heavy atom. The normalized spacial score (nSPS) is 16.7. The van der Waals surface area contributed by atoms with Crippen molar-refractivity contribution in [3.63, 3.8) is 0 Å². The zero-order valence-electron chi connectivity index (χ0n) is 15.3. The first kappa shape index (κ1) is 18.9. The molecule has 1 unspecified atom stereocenters. The summed E-state index contributed by atoms with van der Waals surface area (Å²) >= 11 is 0. The molecule has 27 heavy (non-hydrogen) atoms. The third-order valence-corrected chi connectivity index (χ3v) is 4.77. The van der Waals surface area contributed by atoms with Crippen molar-refractivity contribution in [2.45, 2.75) is 19.4 Å². The van der Waals surface area contributed by atoms with Crippen LogP contribution in [0.1, 0.15) is 28.8 Å². The smallest absolute Gasteiger partial charge is 0.253 e. The number of rotatable bonds is 5. The van der Waals surface area contributed by atoms with E-state index in [1.807, 2.05) is 24.3 Å². The maximum absolute atomic E-state index is 13.0. The van der Waals surface area contributed by atoms with Gasteiger partial charge in [-0.1, -0.05) is 12.1 Å². The van der Waals surface area contributed by atoms with E-state index in [0.29, 0.717) is 25.2 Å². The number of halogens is 1. The summed E-state index contributed by atoms with van der Waals surface area (Å²) in [5.41, 5.74) is 1.39. The maximum atomic E-state index is 13.0. The molecule has 2 amide bonds. The molecular formula is C21H23FN2O3. The predicted molar refractivity (Wildman–Crippen MR) is 99.9 cm³/mol. The standard InChI is InChI=1S/C21H23FN2O3/c1-27-19-6-2-4-15(12-19)13-23-20(25)17-5-3-11-24(14-17)21(26)16-7-9-18(22)10-8-16/h2,4,6-10,12,17H,3,5,11,13-14H2,1H3,(H,23,25). The predicted octanol–water partition coefficient (Wildman–Crippen LogP) is 3.00. The van der Waals surface area contributed by atoms with E-state index in [1.165, 1.54) is 24.3 Å². The van der Waals surface area contributed by atoms with Crippen molar-refractivity contribution in [3.8, 4) is 5.75 Å². The lowest BCUT2D eigenvalue weighted by Gasteiger charge is -2.32. The second kappa shape index (κ2) is 8.66. The van der Waals surface area contributed by atoms with Crippen molar-refractivity contribution in [1.29, 1.82) is 0 Å². The van der Waals surface area contributed by atoms with Crippen LogP contribution in [0.4, 0.5) is 4.39 Å². The Morgan fingerprint density at radius 1 is 1.22 bits per heavy atom. The third kappa shape index (κ3) is 4.84. The first-order chi connectivity index (χ1) is 13.1. The highest BCUT2D eigenvalue weighted by atomic mass is 19.1. The van der Waals surface area contributed by atoms with Crippen molar-refractivity contribution in [1.82, 2.24) is 10.2 Å². The zero-order valence-corrected chi connectivity index (χ0v) is 15.3. The highest BCUT2D eigenvalue weighted by Gasteiger charge is 2.28. The van der Waals surface area contributed by atoms with Gasteiger partial charge in [0, 0.05) is 25.2 Å². The number of methoxy groups -OCH3 is 1. The molecule has 1 heterocycles. The minimum Gasteiger partial charge on any atom is -0.497 e. The molecule has 6 heteroatoms. The number of amides is 2. The fourth-order valence-corrected chi connectivity index (χ4v) is 3.27. The number of hydrogen-bond donors (Lipinski definition) is 1. The van der Waals surface area contributed by atoms with Gasteiger partial charge in [0.2, 0.25) is 5.91 Å². The molecule has 0 aromatic heterocycles. The van der Waals surface area contributed by atoms with E-state index in [1.54, 1.807) is 12.0 Å². The molecule has 1 aliphatic rings. The number of ether oxygens (including phenoxy) is 1. The molecule has 0 bridgehead atoms. The average Bonchev–Trinajstić information content (AvgIpc) is 2.72. The minimum absolute atomic E-state index is 0.0607. The Bertz CT molecular complexity index is 807. The Kier molecular flexibility index (Phi) is 6.06. The van der Waals surface area contributed by atoms with Gasteiger partial charge in [0.15, 0.2) is 0 Å². The van der Waals surface area contributed by atoms with Gasteiger partial charge in [0.25, 0.3) is 5.91 Å². The van der Waals surface area contributed by atoms with Crippen LogP contribution in [0, 0.1) is 11.7 Å². The van der Waals surface area contributed by atoms with Crippen LogP contribution in [0.5, 0.6) is 5.75 Å². The molecule has 142 valence electrons. The lowest BCUT2D eigenvalue weighted by Crippen LogP contribution is -2.45. The Hall–Kier alpha value is -2.89. The van der Waals surface area contributed by atoms with Crippen LogP contribution in [-0.4, -0.2) is 36.9 Å². The van der Waals surface area contributed by atoms with Crippen LogP contribution in [0.3, 0.4) is 0 Å². The number of benzene rings is 2. The van der Waals surface area contributed by atoms with Crippen molar-refractivity contribution < 1.29 is 18.7 Å². The van der Waals surface area contributed by atoms with E-state index in [9.17, 15) is 14.0 Å². The van der Waals surface area contributed by atoms with Gasteiger partial charge in [-0.15, -0.1) is 0 Å². The summed E-state index contributed by atoms with van der Waals surface area (Å²) in [6, 6.07) is 13.0. The molecule has 1 saturated heterocycles. The van der Waals surface area contributed by atoms with E-state index >= 15 is 0 Å². The number of nitrogens with zero attached hydrogens (tertiary/aromatic N) is 1. The molecule has 0 radical (unpaired) electrons. The quantitative estimate of drug-likeness (QED) is 0.880. The molecule has 2 aromatic carbocycles. The van der Waals surface area contributed by atoms with Gasteiger partial charge < -0.3 is 15.0 Å². The topological polar surface area (TPSA) is 58.6 Å². The molecule has 1 aliphatic heterocycles. The third-order valence-electron chi connectivity index (χ3n) is 4.77. The number of carbonyl (C=O) groups is 2. The van der Waals surface area contributed by atoms with Gasteiger partial charge in [-0.3, -0.25) is 9.59 Å². The lowest BCUT2D eigenvalue weighted by atomic mass is 9.96. The number of likely N-dealkylation sites (tertiary alicyclic amines) is 1. The van der Waals surface area contributed by atoms with Crippen molar-refractivity contribution in [3.05, 3.63) is 65.5 Å². The number of nitrogens with one attached hydrogen (secondary N) is 1. The van der Waals surface area contributed by atoms with Gasteiger partial charge >= 0.3 is 0 Å². The van der Waals surface area contributed by atoms with Gasteiger partial charge in [-0.25, -0.2) is 4.39 Å².